The number of hydrogen-bond donors (Lipinski definition) is 2. The molecule has 5 heteroatoms. The molecule has 4 rings (SSSR count). The van der Waals surface area contributed by atoms with Gasteiger partial charge >= 0.3 is 0 Å². The smallest absolute Gasteiger partial charge is 0.257 e. The van der Waals surface area contributed by atoms with Gasteiger partial charge in [0.25, 0.3) is 5.91 Å². The zero-order chi connectivity index (χ0) is 15.8. The highest BCUT2D eigenvalue weighted by atomic mass is 16.1. The average molecular weight is 306 g/mol. The van der Waals surface area contributed by atoms with Crippen molar-refractivity contribution < 1.29 is 4.79 Å². The number of aromatic amines is 1. The molecule has 0 saturated carbocycles. The van der Waals surface area contributed by atoms with Crippen LogP contribution in [-0.2, 0) is 13.0 Å². The zero-order valence-electron chi connectivity index (χ0n) is 13.0. The highest BCUT2D eigenvalue weighted by Gasteiger charge is 2.21. The number of amides is 1. The van der Waals surface area contributed by atoms with E-state index in [-0.39, 0.29) is 5.91 Å². The van der Waals surface area contributed by atoms with Gasteiger partial charge in [-0.05, 0) is 30.3 Å². The van der Waals surface area contributed by atoms with Crippen molar-refractivity contribution >= 4 is 22.5 Å². The molecule has 116 valence electrons. The number of hydrogen-bond acceptors (Lipinski definition) is 3. The number of H-pyrrole nitrogens is 1. The summed E-state index contributed by atoms with van der Waals surface area (Å²) in [6.45, 7) is 1.82. The van der Waals surface area contributed by atoms with E-state index in [4.69, 9.17) is 0 Å². The van der Waals surface area contributed by atoms with E-state index in [1.807, 2.05) is 42.5 Å². The largest absolute Gasteiger partial charge is 0.305 e. The second-order valence-corrected chi connectivity index (χ2v) is 6.00. The number of fused-ring (bicyclic) bond motifs is 2. The van der Waals surface area contributed by atoms with Gasteiger partial charge in [-0.2, -0.15) is 5.10 Å². The number of carbonyl (C=O) groups is 1. The maximum absolute atomic E-state index is 12.7. The number of aromatic nitrogens is 2. The number of anilines is 1. The summed E-state index contributed by atoms with van der Waals surface area (Å²) in [6, 6.07) is 13.7. The molecular weight excluding hydrogens is 288 g/mol. The summed E-state index contributed by atoms with van der Waals surface area (Å²) in [5, 5.41) is 12.3. The minimum absolute atomic E-state index is 0.116. The van der Waals surface area contributed by atoms with Gasteiger partial charge in [-0.1, -0.05) is 36.4 Å². The third-order valence-electron chi connectivity index (χ3n) is 4.39. The van der Waals surface area contributed by atoms with Crippen LogP contribution in [0.2, 0.25) is 0 Å². The SMILES string of the molecule is CN1CCc2c(NC(=O)c3cccc4ccccc34)n[nH]c2C1. The van der Waals surface area contributed by atoms with E-state index in [2.05, 4.69) is 27.5 Å². The molecule has 1 amide bonds. The quantitative estimate of drug-likeness (QED) is 0.765. The van der Waals surface area contributed by atoms with Gasteiger partial charge in [0.05, 0.1) is 5.69 Å². The molecule has 1 aliphatic heterocycles. The van der Waals surface area contributed by atoms with Crippen LogP contribution in [0.25, 0.3) is 10.8 Å². The molecule has 2 aromatic carbocycles. The topological polar surface area (TPSA) is 61.0 Å². The fraction of sp³-hybridized carbons (Fsp3) is 0.222. The van der Waals surface area contributed by atoms with Crippen LogP contribution in [-0.4, -0.2) is 34.6 Å². The molecule has 0 bridgehead atoms. The van der Waals surface area contributed by atoms with Crippen LogP contribution < -0.4 is 5.32 Å². The first-order valence-corrected chi connectivity index (χ1v) is 7.76. The summed E-state index contributed by atoms with van der Waals surface area (Å²) in [4.78, 5) is 14.9. The maximum atomic E-state index is 12.7. The van der Waals surface area contributed by atoms with Gasteiger partial charge in [0, 0.05) is 24.2 Å². The molecule has 2 heterocycles. The lowest BCUT2D eigenvalue weighted by atomic mass is 10.0. The Morgan fingerprint density at radius 2 is 2.04 bits per heavy atom. The number of likely N-dealkylation sites (N-methyl/N-ethyl adjacent to an activating group) is 1. The third-order valence-corrected chi connectivity index (χ3v) is 4.39. The van der Waals surface area contributed by atoms with Crippen molar-refractivity contribution in [3.8, 4) is 0 Å². The molecule has 0 radical (unpaired) electrons. The lowest BCUT2D eigenvalue weighted by Gasteiger charge is -2.21. The summed E-state index contributed by atoms with van der Waals surface area (Å²) < 4.78 is 0. The number of benzene rings is 2. The average Bonchev–Trinajstić information content (AvgIpc) is 2.96. The second kappa shape index (κ2) is 5.52. The Morgan fingerprint density at radius 1 is 1.22 bits per heavy atom. The molecule has 0 unspecified atom stereocenters. The van der Waals surface area contributed by atoms with E-state index in [9.17, 15) is 4.79 Å². The van der Waals surface area contributed by atoms with Gasteiger partial charge in [0.1, 0.15) is 0 Å². The van der Waals surface area contributed by atoms with Crippen LogP contribution in [0.3, 0.4) is 0 Å². The van der Waals surface area contributed by atoms with E-state index < -0.39 is 0 Å². The van der Waals surface area contributed by atoms with Crippen LogP contribution >= 0.6 is 0 Å². The molecular formula is C18H18N4O. The van der Waals surface area contributed by atoms with Gasteiger partial charge < -0.3 is 10.2 Å². The molecule has 0 atom stereocenters. The molecule has 0 spiro atoms. The standard InChI is InChI=1S/C18H18N4O/c1-22-10-9-15-16(11-22)20-21-17(15)19-18(23)14-8-4-6-12-5-2-3-7-13(12)14/h2-8H,9-11H2,1H3,(H2,19,20,21,23). The minimum Gasteiger partial charge on any atom is -0.305 e. The van der Waals surface area contributed by atoms with Crippen molar-refractivity contribution in [3.63, 3.8) is 0 Å². The molecule has 1 aromatic heterocycles. The Bertz CT molecular complexity index is 878. The van der Waals surface area contributed by atoms with E-state index in [0.717, 1.165) is 41.5 Å². The summed E-state index contributed by atoms with van der Waals surface area (Å²) >= 11 is 0. The summed E-state index contributed by atoms with van der Waals surface area (Å²) in [5.74, 6) is 0.543. The highest BCUT2D eigenvalue weighted by Crippen LogP contribution is 2.24. The molecule has 5 nitrogen and oxygen atoms in total. The van der Waals surface area contributed by atoms with Gasteiger partial charge in [0.2, 0.25) is 0 Å². The number of carbonyl (C=O) groups excluding carboxylic acids is 1. The number of rotatable bonds is 2. The van der Waals surface area contributed by atoms with Crippen molar-refractivity contribution in [3.05, 3.63) is 59.3 Å². The summed E-state index contributed by atoms with van der Waals surface area (Å²) in [7, 11) is 2.08. The van der Waals surface area contributed by atoms with Gasteiger partial charge in [0.15, 0.2) is 5.82 Å². The first kappa shape index (κ1) is 14.0. The predicted molar refractivity (Wildman–Crippen MR) is 90.5 cm³/mol. The monoisotopic (exact) mass is 306 g/mol. The highest BCUT2D eigenvalue weighted by molar-refractivity contribution is 6.12. The molecule has 2 N–H and O–H groups in total. The number of nitrogens with zero attached hydrogens (tertiary/aromatic N) is 2. The predicted octanol–water partition coefficient (Wildman–Crippen LogP) is 2.80. The Morgan fingerprint density at radius 3 is 2.96 bits per heavy atom. The van der Waals surface area contributed by atoms with Crippen molar-refractivity contribution in [2.75, 3.05) is 18.9 Å². The fourth-order valence-corrected chi connectivity index (χ4v) is 3.15. The van der Waals surface area contributed by atoms with E-state index in [1.165, 1.54) is 0 Å². The van der Waals surface area contributed by atoms with Crippen molar-refractivity contribution in [1.29, 1.82) is 0 Å². The van der Waals surface area contributed by atoms with Gasteiger partial charge in [-0.15, -0.1) is 0 Å². The molecule has 3 aromatic rings. The normalized spacial score (nSPS) is 14.7. The van der Waals surface area contributed by atoms with E-state index in [0.29, 0.717) is 11.4 Å². The summed E-state index contributed by atoms with van der Waals surface area (Å²) in [6.07, 6.45) is 0.896. The fourth-order valence-electron chi connectivity index (χ4n) is 3.15. The molecule has 0 saturated heterocycles. The molecule has 1 aliphatic rings. The van der Waals surface area contributed by atoms with E-state index in [1.54, 1.807) is 0 Å². The van der Waals surface area contributed by atoms with Crippen LogP contribution in [0.5, 0.6) is 0 Å². The number of nitrogens with one attached hydrogen (secondary N) is 2. The second-order valence-electron chi connectivity index (χ2n) is 6.00. The van der Waals surface area contributed by atoms with Crippen LogP contribution in [0.1, 0.15) is 21.6 Å². The van der Waals surface area contributed by atoms with Crippen molar-refractivity contribution in [2.24, 2.45) is 0 Å². The Balaban J connectivity index is 1.66. The lowest BCUT2D eigenvalue weighted by molar-refractivity contribution is 0.102. The summed E-state index contributed by atoms with van der Waals surface area (Å²) in [5.41, 5.74) is 2.89. The van der Waals surface area contributed by atoms with E-state index >= 15 is 0 Å². The van der Waals surface area contributed by atoms with Crippen LogP contribution in [0.15, 0.2) is 42.5 Å². The first-order chi connectivity index (χ1) is 11.2. The molecule has 0 fully saturated rings. The maximum Gasteiger partial charge on any atom is 0.257 e. The Kier molecular flexibility index (Phi) is 3.35. The van der Waals surface area contributed by atoms with Gasteiger partial charge in [-0.3, -0.25) is 9.89 Å². The van der Waals surface area contributed by atoms with Crippen molar-refractivity contribution in [1.82, 2.24) is 15.1 Å². The van der Waals surface area contributed by atoms with Crippen LogP contribution in [0, 0.1) is 0 Å². The third kappa shape index (κ3) is 2.49. The van der Waals surface area contributed by atoms with Gasteiger partial charge in [-0.25, -0.2) is 0 Å². The lowest BCUT2D eigenvalue weighted by Crippen LogP contribution is -2.26. The Hall–Kier alpha value is -2.66. The molecule has 23 heavy (non-hydrogen) atoms. The molecule has 0 aliphatic carbocycles. The first-order valence-electron chi connectivity index (χ1n) is 7.76. The van der Waals surface area contributed by atoms with Crippen LogP contribution in [0.4, 0.5) is 5.82 Å². The Labute approximate surface area is 134 Å². The minimum atomic E-state index is -0.116. The van der Waals surface area contributed by atoms with Crippen molar-refractivity contribution in [2.45, 2.75) is 13.0 Å². The zero-order valence-corrected chi connectivity index (χ0v) is 13.0.